The molecule has 2 aromatic rings. The van der Waals surface area contributed by atoms with Crippen LogP contribution in [0.2, 0.25) is 0 Å². The van der Waals surface area contributed by atoms with Crippen LogP contribution >= 0.6 is 15.9 Å². The lowest BCUT2D eigenvalue weighted by Crippen LogP contribution is -2.14. The van der Waals surface area contributed by atoms with Crippen molar-refractivity contribution in [3.63, 3.8) is 0 Å². The van der Waals surface area contributed by atoms with E-state index in [1.807, 2.05) is 0 Å². The number of pyridine rings is 1. The average molecular weight is 283 g/mol. The Morgan fingerprint density at radius 2 is 2.31 bits per heavy atom. The van der Waals surface area contributed by atoms with Gasteiger partial charge in [0.1, 0.15) is 10.3 Å². The quantitative estimate of drug-likeness (QED) is 0.721. The van der Waals surface area contributed by atoms with E-state index in [2.05, 4.69) is 36.2 Å². The molecule has 16 heavy (non-hydrogen) atoms. The van der Waals surface area contributed by atoms with Crippen molar-refractivity contribution in [1.29, 1.82) is 0 Å². The van der Waals surface area contributed by atoms with Crippen LogP contribution in [-0.2, 0) is 0 Å². The van der Waals surface area contributed by atoms with Crippen LogP contribution in [0.5, 0.6) is 0 Å². The zero-order valence-electron chi connectivity index (χ0n) is 7.95. The molecule has 82 valence electrons. The van der Waals surface area contributed by atoms with Crippen molar-refractivity contribution >= 4 is 27.5 Å². The topological polar surface area (TPSA) is 90.6 Å². The molecular weight excluding hydrogens is 276 g/mol. The Morgan fingerprint density at radius 3 is 2.94 bits per heavy atom. The number of aromatic amines is 2. The first kappa shape index (κ1) is 10.6. The minimum atomic E-state index is -0.421. The molecule has 2 heterocycles. The van der Waals surface area contributed by atoms with Crippen molar-refractivity contribution < 1.29 is 4.79 Å². The molecule has 0 aliphatic heterocycles. The van der Waals surface area contributed by atoms with Gasteiger partial charge in [-0.05, 0) is 28.1 Å². The number of imidazole rings is 1. The zero-order chi connectivity index (χ0) is 11.5. The molecule has 0 aromatic carbocycles. The van der Waals surface area contributed by atoms with E-state index in [0.29, 0.717) is 10.3 Å². The second-order valence-corrected chi connectivity index (χ2v) is 3.70. The third-order valence-electron chi connectivity index (χ3n) is 1.85. The number of nitrogens with zero attached hydrogens (tertiary/aromatic N) is 1. The number of nitrogens with one attached hydrogen (secondary N) is 3. The molecule has 0 bridgehead atoms. The standard InChI is InChI=1S/C9H7BrN4O2/c10-7-5(2-1-3-11-7)13-8(15)6-4-12-9(16)14-6/h1-4H,(H,13,15)(H2,12,14,16). The first-order chi connectivity index (χ1) is 7.66. The number of hydrogen-bond donors (Lipinski definition) is 3. The highest BCUT2D eigenvalue weighted by Gasteiger charge is 2.09. The van der Waals surface area contributed by atoms with Gasteiger partial charge < -0.3 is 15.3 Å². The maximum Gasteiger partial charge on any atom is 0.323 e. The Kier molecular flexibility index (Phi) is 2.86. The van der Waals surface area contributed by atoms with Crippen LogP contribution in [0.1, 0.15) is 10.5 Å². The Morgan fingerprint density at radius 1 is 1.50 bits per heavy atom. The van der Waals surface area contributed by atoms with E-state index in [9.17, 15) is 9.59 Å². The largest absolute Gasteiger partial charge is 0.323 e. The SMILES string of the molecule is O=C(Nc1cccnc1Br)c1c[nH]c(=O)[nH]1. The third-order valence-corrected chi connectivity index (χ3v) is 2.48. The third kappa shape index (κ3) is 2.19. The van der Waals surface area contributed by atoms with Crippen LogP contribution in [0.25, 0.3) is 0 Å². The van der Waals surface area contributed by atoms with E-state index in [-0.39, 0.29) is 5.69 Å². The summed E-state index contributed by atoms with van der Waals surface area (Å²) >= 11 is 3.20. The Hall–Kier alpha value is -1.89. The van der Waals surface area contributed by atoms with Gasteiger partial charge in [0.2, 0.25) is 0 Å². The van der Waals surface area contributed by atoms with Gasteiger partial charge in [0.15, 0.2) is 0 Å². The van der Waals surface area contributed by atoms with E-state index in [1.165, 1.54) is 6.20 Å². The van der Waals surface area contributed by atoms with Crippen molar-refractivity contribution in [3.8, 4) is 0 Å². The molecule has 0 radical (unpaired) electrons. The summed E-state index contributed by atoms with van der Waals surface area (Å²) in [6.07, 6.45) is 2.90. The summed E-state index contributed by atoms with van der Waals surface area (Å²) in [6, 6.07) is 3.39. The molecule has 2 rings (SSSR count). The molecule has 1 amide bonds. The summed E-state index contributed by atoms with van der Waals surface area (Å²) in [7, 11) is 0. The number of amides is 1. The van der Waals surface area contributed by atoms with Gasteiger partial charge >= 0.3 is 5.69 Å². The van der Waals surface area contributed by atoms with Crippen molar-refractivity contribution in [3.05, 3.63) is 45.3 Å². The lowest BCUT2D eigenvalue weighted by Gasteiger charge is -2.04. The molecular formula is C9H7BrN4O2. The van der Waals surface area contributed by atoms with Gasteiger partial charge in [-0.15, -0.1) is 0 Å². The summed E-state index contributed by atoms with van der Waals surface area (Å²) < 4.78 is 0.529. The Balaban J connectivity index is 2.20. The Labute approximate surface area is 98.2 Å². The van der Waals surface area contributed by atoms with Gasteiger partial charge in [-0.1, -0.05) is 0 Å². The van der Waals surface area contributed by atoms with E-state index in [4.69, 9.17) is 0 Å². The molecule has 0 spiro atoms. The van der Waals surface area contributed by atoms with Crippen LogP contribution in [0.4, 0.5) is 5.69 Å². The van der Waals surface area contributed by atoms with Gasteiger partial charge in [0.25, 0.3) is 5.91 Å². The zero-order valence-corrected chi connectivity index (χ0v) is 9.54. The lowest BCUT2D eigenvalue weighted by atomic mass is 10.4. The summed E-state index contributed by atoms with van der Waals surface area (Å²) in [5.41, 5.74) is 0.283. The number of anilines is 1. The predicted octanol–water partition coefficient (Wildman–Crippen LogP) is 1.11. The first-order valence-electron chi connectivity index (χ1n) is 4.36. The second kappa shape index (κ2) is 4.31. The molecule has 0 aliphatic rings. The molecule has 6 nitrogen and oxygen atoms in total. The molecule has 0 fully saturated rings. The van der Waals surface area contributed by atoms with Crippen molar-refractivity contribution in [2.24, 2.45) is 0 Å². The fourth-order valence-corrected chi connectivity index (χ4v) is 1.47. The summed E-state index contributed by atoms with van der Waals surface area (Å²) in [6.45, 7) is 0. The van der Waals surface area contributed by atoms with Gasteiger partial charge in [0, 0.05) is 12.4 Å². The number of H-pyrrole nitrogens is 2. The van der Waals surface area contributed by atoms with Crippen LogP contribution in [0, 0.1) is 0 Å². The highest BCUT2D eigenvalue weighted by Crippen LogP contribution is 2.18. The van der Waals surface area contributed by atoms with Gasteiger partial charge in [0.05, 0.1) is 5.69 Å². The number of hydrogen-bond acceptors (Lipinski definition) is 3. The van der Waals surface area contributed by atoms with Gasteiger partial charge in [-0.25, -0.2) is 9.78 Å². The number of rotatable bonds is 2. The maximum absolute atomic E-state index is 11.6. The van der Waals surface area contributed by atoms with E-state index < -0.39 is 11.6 Å². The smallest absolute Gasteiger partial charge is 0.318 e. The number of aromatic nitrogens is 3. The predicted molar refractivity (Wildman–Crippen MR) is 61.3 cm³/mol. The molecule has 7 heteroatoms. The Bertz CT molecular complexity index is 575. The lowest BCUT2D eigenvalue weighted by molar-refractivity contribution is 0.102. The second-order valence-electron chi connectivity index (χ2n) is 2.95. The fourth-order valence-electron chi connectivity index (χ4n) is 1.12. The number of halogens is 1. The molecule has 0 aliphatic carbocycles. The van der Waals surface area contributed by atoms with E-state index in [1.54, 1.807) is 18.3 Å². The maximum atomic E-state index is 11.6. The molecule has 0 saturated heterocycles. The highest BCUT2D eigenvalue weighted by atomic mass is 79.9. The van der Waals surface area contributed by atoms with Crippen LogP contribution < -0.4 is 11.0 Å². The van der Waals surface area contributed by atoms with Crippen LogP contribution in [0.3, 0.4) is 0 Å². The van der Waals surface area contributed by atoms with Crippen molar-refractivity contribution in [2.75, 3.05) is 5.32 Å². The summed E-state index contributed by atoms with van der Waals surface area (Å²) in [5, 5.41) is 2.60. The van der Waals surface area contributed by atoms with E-state index >= 15 is 0 Å². The number of carbonyl (C=O) groups excluding carboxylic acids is 1. The monoisotopic (exact) mass is 282 g/mol. The van der Waals surface area contributed by atoms with Crippen molar-refractivity contribution in [2.45, 2.75) is 0 Å². The average Bonchev–Trinajstić information content (AvgIpc) is 2.68. The first-order valence-corrected chi connectivity index (χ1v) is 5.15. The highest BCUT2D eigenvalue weighted by molar-refractivity contribution is 9.10. The minimum absolute atomic E-state index is 0.167. The van der Waals surface area contributed by atoms with Crippen LogP contribution in [0.15, 0.2) is 33.9 Å². The minimum Gasteiger partial charge on any atom is -0.318 e. The fraction of sp³-hybridized carbons (Fsp3) is 0. The molecule has 0 saturated carbocycles. The molecule has 3 N–H and O–H groups in total. The van der Waals surface area contributed by atoms with Crippen molar-refractivity contribution in [1.82, 2.24) is 15.0 Å². The number of carbonyl (C=O) groups is 1. The van der Waals surface area contributed by atoms with Gasteiger partial charge in [-0.2, -0.15) is 0 Å². The summed E-state index contributed by atoms with van der Waals surface area (Å²) in [4.78, 5) is 31.1. The van der Waals surface area contributed by atoms with Gasteiger partial charge in [-0.3, -0.25) is 4.79 Å². The van der Waals surface area contributed by atoms with E-state index in [0.717, 1.165) is 0 Å². The molecule has 2 aromatic heterocycles. The molecule has 0 atom stereocenters. The normalized spacial score (nSPS) is 10.1. The molecule has 0 unspecified atom stereocenters. The van der Waals surface area contributed by atoms with Crippen LogP contribution in [-0.4, -0.2) is 20.9 Å². The summed E-state index contributed by atoms with van der Waals surface area (Å²) in [5.74, 6) is -0.410.